The first-order valence-electron chi connectivity index (χ1n) is 7.48. The Morgan fingerprint density at radius 3 is 2.55 bits per heavy atom. The number of anilines is 1. The fraction of sp³-hybridized carbons (Fsp3) is 0.562. The van der Waals surface area contributed by atoms with Crippen molar-refractivity contribution in [1.82, 2.24) is 4.90 Å². The summed E-state index contributed by atoms with van der Waals surface area (Å²) in [7, 11) is 0. The minimum absolute atomic E-state index is 0.0630. The molecular formula is C16H25N3O. The summed E-state index contributed by atoms with van der Waals surface area (Å²) in [6.45, 7) is 6.57. The summed E-state index contributed by atoms with van der Waals surface area (Å²) in [5, 5.41) is 2.98. The Bertz CT molecular complexity index is 440. The highest BCUT2D eigenvalue weighted by Gasteiger charge is 2.28. The zero-order valence-electron chi connectivity index (χ0n) is 12.4. The van der Waals surface area contributed by atoms with E-state index in [1.807, 2.05) is 31.2 Å². The first kappa shape index (κ1) is 15.0. The van der Waals surface area contributed by atoms with E-state index in [0.29, 0.717) is 6.54 Å². The van der Waals surface area contributed by atoms with Crippen LogP contribution in [0.5, 0.6) is 0 Å². The first-order chi connectivity index (χ1) is 9.63. The lowest BCUT2D eigenvalue weighted by Gasteiger charge is -2.26. The molecule has 0 saturated heterocycles. The standard InChI is InChI=1S/C16H25N3O/c1-3-19(11-14-4-5-14)12(2)16(20)18-15-8-6-13(10-17)7-9-15/h6-9,12,14H,3-5,10-11,17H2,1-2H3,(H,18,20). The molecule has 2 rings (SSSR count). The van der Waals surface area contributed by atoms with Crippen molar-refractivity contribution in [2.45, 2.75) is 39.3 Å². The number of nitrogens with two attached hydrogens (primary N) is 1. The quantitative estimate of drug-likeness (QED) is 0.802. The largest absolute Gasteiger partial charge is 0.326 e. The molecule has 0 aromatic heterocycles. The number of carbonyl (C=O) groups is 1. The molecule has 1 fully saturated rings. The molecule has 1 unspecified atom stereocenters. The Labute approximate surface area is 121 Å². The number of carbonyl (C=O) groups excluding carboxylic acids is 1. The minimum Gasteiger partial charge on any atom is -0.326 e. The number of amides is 1. The molecule has 0 aliphatic heterocycles. The van der Waals surface area contributed by atoms with Gasteiger partial charge in [0.05, 0.1) is 6.04 Å². The van der Waals surface area contributed by atoms with Gasteiger partial charge in [0.25, 0.3) is 0 Å². The summed E-state index contributed by atoms with van der Waals surface area (Å²) in [4.78, 5) is 14.5. The van der Waals surface area contributed by atoms with Gasteiger partial charge in [0.15, 0.2) is 0 Å². The van der Waals surface area contributed by atoms with Crippen LogP contribution in [0.4, 0.5) is 5.69 Å². The smallest absolute Gasteiger partial charge is 0.241 e. The van der Waals surface area contributed by atoms with Crippen molar-refractivity contribution in [2.24, 2.45) is 11.7 Å². The van der Waals surface area contributed by atoms with Gasteiger partial charge in [0.1, 0.15) is 0 Å². The van der Waals surface area contributed by atoms with Crippen molar-refractivity contribution in [2.75, 3.05) is 18.4 Å². The van der Waals surface area contributed by atoms with Gasteiger partial charge in [0, 0.05) is 18.8 Å². The number of hydrogen-bond donors (Lipinski definition) is 2. The predicted molar refractivity (Wildman–Crippen MR) is 82.4 cm³/mol. The van der Waals surface area contributed by atoms with Gasteiger partial charge in [-0.3, -0.25) is 9.69 Å². The number of hydrogen-bond acceptors (Lipinski definition) is 3. The monoisotopic (exact) mass is 275 g/mol. The van der Waals surface area contributed by atoms with Crippen molar-refractivity contribution >= 4 is 11.6 Å². The van der Waals surface area contributed by atoms with E-state index in [2.05, 4.69) is 17.1 Å². The Hall–Kier alpha value is -1.39. The number of likely N-dealkylation sites (N-methyl/N-ethyl adjacent to an activating group) is 1. The summed E-state index contributed by atoms with van der Waals surface area (Å²) in [5.74, 6) is 0.863. The average molecular weight is 275 g/mol. The molecule has 1 aliphatic rings. The zero-order chi connectivity index (χ0) is 14.5. The predicted octanol–water partition coefficient (Wildman–Crippen LogP) is 2.20. The molecule has 0 radical (unpaired) electrons. The van der Waals surface area contributed by atoms with E-state index in [1.165, 1.54) is 12.8 Å². The van der Waals surface area contributed by atoms with Crippen molar-refractivity contribution in [1.29, 1.82) is 0 Å². The molecule has 0 spiro atoms. The van der Waals surface area contributed by atoms with Crippen LogP contribution >= 0.6 is 0 Å². The summed E-state index contributed by atoms with van der Waals surface area (Å²) >= 11 is 0. The average Bonchev–Trinajstić information content (AvgIpc) is 3.28. The Morgan fingerprint density at radius 2 is 2.05 bits per heavy atom. The molecule has 1 atom stereocenters. The molecule has 110 valence electrons. The normalized spacial score (nSPS) is 16.2. The third-order valence-corrected chi connectivity index (χ3v) is 3.98. The van der Waals surface area contributed by atoms with Crippen LogP contribution in [0.3, 0.4) is 0 Å². The van der Waals surface area contributed by atoms with E-state index in [-0.39, 0.29) is 11.9 Å². The Balaban J connectivity index is 1.91. The van der Waals surface area contributed by atoms with Gasteiger partial charge in [-0.1, -0.05) is 19.1 Å². The van der Waals surface area contributed by atoms with Crippen LogP contribution in [0.15, 0.2) is 24.3 Å². The van der Waals surface area contributed by atoms with Crippen LogP contribution in [0.1, 0.15) is 32.3 Å². The second kappa shape index (κ2) is 6.86. The molecule has 1 aromatic carbocycles. The minimum atomic E-state index is -0.0882. The third kappa shape index (κ3) is 4.05. The Morgan fingerprint density at radius 1 is 1.40 bits per heavy atom. The highest BCUT2D eigenvalue weighted by molar-refractivity contribution is 5.94. The van der Waals surface area contributed by atoms with Crippen molar-refractivity contribution < 1.29 is 4.79 Å². The molecule has 3 N–H and O–H groups in total. The molecule has 0 bridgehead atoms. The first-order valence-corrected chi connectivity index (χ1v) is 7.48. The van der Waals surface area contributed by atoms with Gasteiger partial charge >= 0.3 is 0 Å². The highest BCUT2D eigenvalue weighted by atomic mass is 16.2. The van der Waals surface area contributed by atoms with Crippen LogP contribution < -0.4 is 11.1 Å². The maximum Gasteiger partial charge on any atom is 0.241 e. The molecular weight excluding hydrogens is 250 g/mol. The molecule has 4 heteroatoms. The van der Waals surface area contributed by atoms with Crippen LogP contribution in [0.25, 0.3) is 0 Å². The number of nitrogens with one attached hydrogen (secondary N) is 1. The van der Waals surface area contributed by atoms with E-state index >= 15 is 0 Å². The van der Waals surface area contributed by atoms with Gasteiger partial charge in [-0.25, -0.2) is 0 Å². The maximum atomic E-state index is 12.3. The molecule has 1 aromatic rings. The summed E-state index contributed by atoms with van der Waals surface area (Å²) < 4.78 is 0. The fourth-order valence-electron chi connectivity index (χ4n) is 2.33. The van der Waals surface area contributed by atoms with Crippen LogP contribution in [-0.2, 0) is 11.3 Å². The van der Waals surface area contributed by atoms with Gasteiger partial charge in [-0.05, 0) is 49.9 Å². The van der Waals surface area contributed by atoms with Gasteiger partial charge in [-0.15, -0.1) is 0 Å². The van der Waals surface area contributed by atoms with Crippen molar-refractivity contribution in [3.63, 3.8) is 0 Å². The molecule has 1 aliphatic carbocycles. The lowest BCUT2D eigenvalue weighted by Crippen LogP contribution is -2.43. The molecule has 1 saturated carbocycles. The SMILES string of the molecule is CCN(CC1CC1)C(C)C(=O)Nc1ccc(CN)cc1. The lowest BCUT2D eigenvalue weighted by molar-refractivity contribution is -0.120. The van der Waals surface area contributed by atoms with Gasteiger partial charge in [-0.2, -0.15) is 0 Å². The van der Waals surface area contributed by atoms with E-state index in [9.17, 15) is 4.79 Å². The Kier molecular flexibility index (Phi) is 5.15. The number of nitrogens with zero attached hydrogens (tertiary/aromatic N) is 1. The fourth-order valence-corrected chi connectivity index (χ4v) is 2.33. The van der Waals surface area contributed by atoms with Crippen LogP contribution in [0.2, 0.25) is 0 Å². The molecule has 4 nitrogen and oxygen atoms in total. The summed E-state index contributed by atoms with van der Waals surface area (Å²) in [6.07, 6.45) is 2.62. The van der Waals surface area contributed by atoms with E-state index in [0.717, 1.165) is 30.3 Å². The molecule has 0 heterocycles. The van der Waals surface area contributed by atoms with Crippen molar-refractivity contribution in [3.05, 3.63) is 29.8 Å². The molecule has 20 heavy (non-hydrogen) atoms. The lowest BCUT2D eigenvalue weighted by atomic mass is 10.2. The molecule has 1 amide bonds. The van der Waals surface area contributed by atoms with E-state index in [1.54, 1.807) is 0 Å². The van der Waals surface area contributed by atoms with Crippen LogP contribution in [-0.4, -0.2) is 29.9 Å². The summed E-state index contributed by atoms with van der Waals surface area (Å²) in [5.41, 5.74) is 7.47. The number of benzene rings is 1. The second-order valence-electron chi connectivity index (χ2n) is 5.60. The highest BCUT2D eigenvalue weighted by Crippen LogP contribution is 2.30. The number of rotatable bonds is 7. The van der Waals surface area contributed by atoms with Gasteiger partial charge < -0.3 is 11.1 Å². The third-order valence-electron chi connectivity index (χ3n) is 3.98. The second-order valence-corrected chi connectivity index (χ2v) is 5.60. The van der Waals surface area contributed by atoms with E-state index in [4.69, 9.17) is 5.73 Å². The topological polar surface area (TPSA) is 58.4 Å². The van der Waals surface area contributed by atoms with Crippen LogP contribution in [0, 0.1) is 5.92 Å². The zero-order valence-corrected chi connectivity index (χ0v) is 12.4. The maximum absolute atomic E-state index is 12.3. The van der Waals surface area contributed by atoms with Crippen molar-refractivity contribution in [3.8, 4) is 0 Å². The van der Waals surface area contributed by atoms with E-state index < -0.39 is 0 Å². The van der Waals surface area contributed by atoms with Gasteiger partial charge in [0.2, 0.25) is 5.91 Å². The summed E-state index contributed by atoms with van der Waals surface area (Å²) in [6, 6.07) is 7.62.